The zero-order chi connectivity index (χ0) is 15.9. The Bertz CT molecular complexity index is 766. The van der Waals surface area contributed by atoms with Crippen LogP contribution in [-0.4, -0.2) is 31.4 Å². The highest BCUT2D eigenvalue weighted by molar-refractivity contribution is 6.11. The van der Waals surface area contributed by atoms with E-state index in [9.17, 15) is 9.59 Å². The minimum atomic E-state index is -1.38. The molecule has 0 atom stereocenters. The average molecular weight is 309 g/mol. The zero-order valence-corrected chi connectivity index (χ0v) is 12.4. The third-order valence-electron chi connectivity index (χ3n) is 4.17. The lowest BCUT2D eigenvalue weighted by Crippen LogP contribution is -2.43. The Hall–Kier alpha value is -2.50. The van der Waals surface area contributed by atoms with Crippen LogP contribution in [0.4, 0.5) is 5.69 Å². The SMILES string of the molecule is O=C(CN1C(=O)C2(OCCO2)c2ccccc21)c1ccccc1. The maximum atomic E-state index is 12.9. The lowest BCUT2D eigenvalue weighted by atomic mass is 10.1. The summed E-state index contributed by atoms with van der Waals surface area (Å²) in [6, 6.07) is 16.2. The van der Waals surface area contributed by atoms with Crippen LogP contribution in [0.1, 0.15) is 15.9 Å². The van der Waals surface area contributed by atoms with Crippen LogP contribution >= 0.6 is 0 Å². The smallest absolute Gasteiger partial charge is 0.292 e. The van der Waals surface area contributed by atoms with Gasteiger partial charge in [0, 0.05) is 11.1 Å². The van der Waals surface area contributed by atoms with Crippen LogP contribution in [0.2, 0.25) is 0 Å². The van der Waals surface area contributed by atoms with Gasteiger partial charge in [-0.3, -0.25) is 14.5 Å². The van der Waals surface area contributed by atoms with Gasteiger partial charge in [-0.2, -0.15) is 0 Å². The van der Waals surface area contributed by atoms with Gasteiger partial charge in [0.05, 0.1) is 25.4 Å². The van der Waals surface area contributed by atoms with Crippen molar-refractivity contribution in [2.45, 2.75) is 5.79 Å². The summed E-state index contributed by atoms with van der Waals surface area (Å²) >= 11 is 0. The standard InChI is InChI=1S/C18H15NO4/c20-16(13-6-2-1-3-7-13)12-19-15-9-5-4-8-14(15)18(17(19)21)22-10-11-23-18/h1-9H,10-12H2. The number of Topliss-reactive ketones (excluding diaryl/α,β-unsaturated/α-hetero) is 1. The predicted molar refractivity (Wildman–Crippen MR) is 83.1 cm³/mol. The van der Waals surface area contributed by atoms with Gasteiger partial charge in [0.15, 0.2) is 5.78 Å². The third-order valence-corrected chi connectivity index (χ3v) is 4.17. The molecule has 0 radical (unpaired) electrons. The number of nitrogens with zero attached hydrogens (tertiary/aromatic N) is 1. The predicted octanol–water partition coefficient (Wildman–Crippen LogP) is 2.12. The second kappa shape index (κ2) is 5.30. The molecule has 0 aromatic heterocycles. The van der Waals surface area contributed by atoms with Crippen molar-refractivity contribution in [2.24, 2.45) is 0 Å². The fourth-order valence-electron chi connectivity index (χ4n) is 3.10. The summed E-state index contributed by atoms with van der Waals surface area (Å²) in [5.41, 5.74) is 1.92. The van der Waals surface area contributed by atoms with Crippen LogP contribution in [0.5, 0.6) is 0 Å². The first-order chi connectivity index (χ1) is 11.2. The van der Waals surface area contributed by atoms with Crippen LogP contribution in [0, 0.1) is 0 Å². The van der Waals surface area contributed by atoms with Crippen molar-refractivity contribution in [3.8, 4) is 0 Å². The van der Waals surface area contributed by atoms with E-state index < -0.39 is 5.79 Å². The Morgan fingerprint density at radius 3 is 2.39 bits per heavy atom. The first-order valence-corrected chi connectivity index (χ1v) is 7.50. The summed E-state index contributed by atoms with van der Waals surface area (Å²) in [6.07, 6.45) is 0. The number of amides is 1. The van der Waals surface area contributed by atoms with E-state index in [0.29, 0.717) is 30.0 Å². The molecular formula is C18H15NO4. The number of anilines is 1. The number of hydrogen-bond acceptors (Lipinski definition) is 4. The van der Waals surface area contributed by atoms with Crippen molar-refractivity contribution in [3.63, 3.8) is 0 Å². The van der Waals surface area contributed by atoms with Crippen molar-refractivity contribution in [1.29, 1.82) is 0 Å². The number of fused-ring (bicyclic) bond motifs is 2. The van der Waals surface area contributed by atoms with Crippen molar-refractivity contribution >= 4 is 17.4 Å². The van der Waals surface area contributed by atoms with E-state index in [-0.39, 0.29) is 18.2 Å². The average Bonchev–Trinajstić information content (AvgIpc) is 3.17. The molecule has 1 spiro atoms. The van der Waals surface area contributed by atoms with Crippen LogP contribution in [-0.2, 0) is 20.1 Å². The Labute approximate surface area is 133 Å². The lowest BCUT2D eigenvalue weighted by Gasteiger charge is -2.21. The molecule has 0 aliphatic carbocycles. The van der Waals surface area contributed by atoms with E-state index in [1.165, 1.54) is 4.90 Å². The molecule has 23 heavy (non-hydrogen) atoms. The van der Waals surface area contributed by atoms with Crippen LogP contribution in [0.3, 0.4) is 0 Å². The normalized spacial score (nSPS) is 18.4. The van der Waals surface area contributed by atoms with Gasteiger partial charge in [-0.25, -0.2) is 0 Å². The molecule has 2 heterocycles. The summed E-state index contributed by atoms with van der Waals surface area (Å²) in [6.45, 7) is 0.690. The highest BCUT2D eigenvalue weighted by Crippen LogP contribution is 2.45. The molecule has 1 saturated heterocycles. The summed E-state index contributed by atoms with van der Waals surface area (Å²) in [5.74, 6) is -1.84. The first kappa shape index (κ1) is 14.1. The van der Waals surface area contributed by atoms with Crippen LogP contribution in [0.25, 0.3) is 0 Å². The highest BCUT2D eigenvalue weighted by Gasteiger charge is 2.56. The summed E-state index contributed by atoms with van der Waals surface area (Å²) in [4.78, 5) is 26.8. The van der Waals surface area contributed by atoms with Crippen LogP contribution < -0.4 is 4.90 Å². The number of para-hydroxylation sites is 1. The molecule has 2 aromatic carbocycles. The molecule has 116 valence electrons. The van der Waals surface area contributed by atoms with E-state index in [1.54, 1.807) is 24.3 Å². The van der Waals surface area contributed by atoms with Gasteiger partial charge in [0.25, 0.3) is 11.7 Å². The van der Waals surface area contributed by atoms with E-state index in [2.05, 4.69) is 0 Å². The minimum absolute atomic E-state index is 0.0334. The monoisotopic (exact) mass is 309 g/mol. The summed E-state index contributed by atoms with van der Waals surface area (Å²) in [5, 5.41) is 0. The molecule has 1 fully saturated rings. The Balaban J connectivity index is 1.70. The molecule has 0 N–H and O–H groups in total. The maximum Gasteiger partial charge on any atom is 0.292 e. The minimum Gasteiger partial charge on any atom is -0.336 e. The molecule has 2 aliphatic heterocycles. The Kier molecular flexibility index (Phi) is 3.25. The van der Waals surface area contributed by atoms with E-state index in [1.807, 2.05) is 30.3 Å². The highest BCUT2D eigenvalue weighted by atomic mass is 16.7. The molecule has 5 nitrogen and oxygen atoms in total. The van der Waals surface area contributed by atoms with Gasteiger partial charge in [-0.15, -0.1) is 0 Å². The van der Waals surface area contributed by atoms with E-state index in [4.69, 9.17) is 9.47 Å². The second-order valence-electron chi connectivity index (χ2n) is 5.51. The van der Waals surface area contributed by atoms with Gasteiger partial charge >= 0.3 is 0 Å². The topological polar surface area (TPSA) is 55.8 Å². The molecule has 2 aliphatic rings. The lowest BCUT2D eigenvalue weighted by molar-refractivity contribution is -0.180. The molecule has 2 aromatic rings. The second-order valence-corrected chi connectivity index (χ2v) is 5.51. The molecule has 0 saturated carbocycles. The number of rotatable bonds is 3. The van der Waals surface area contributed by atoms with Crippen molar-refractivity contribution in [1.82, 2.24) is 0 Å². The maximum absolute atomic E-state index is 12.9. The fraction of sp³-hybridized carbons (Fsp3) is 0.222. The zero-order valence-electron chi connectivity index (χ0n) is 12.4. The Morgan fingerprint density at radius 2 is 1.65 bits per heavy atom. The summed E-state index contributed by atoms with van der Waals surface area (Å²) < 4.78 is 11.3. The van der Waals surface area contributed by atoms with Crippen molar-refractivity contribution in [3.05, 3.63) is 65.7 Å². The molecule has 4 rings (SSSR count). The van der Waals surface area contributed by atoms with Gasteiger partial charge in [-0.05, 0) is 6.07 Å². The number of hydrogen-bond donors (Lipinski definition) is 0. The van der Waals surface area contributed by atoms with Gasteiger partial charge in [0.2, 0.25) is 0 Å². The van der Waals surface area contributed by atoms with Gasteiger partial charge in [0.1, 0.15) is 0 Å². The van der Waals surface area contributed by atoms with E-state index in [0.717, 1.165) is 0 Å². The molecule has 0 unspecified atom stereocenters. The van der Waals surface area contributed by atoms with Gasteiger partial charge < -0.3 is 9.47 Å². The number of ketones is 1. The van der Waals surface area contributed by atoms with E-state index >= 15 is 0 Å². The van der Waals surface area contributed by atoms with Gasteiger partial charge in [-0.1, -0.05) is 48.5 Å². The molecule has 0 bridgehead atoms. The number of benzene rings is 2. The van der Waals surface area contributed by atoms with Crippen LogP contribution in [0.15, 0.2) is 54.6 Å². The Morgan fingerprint density at radius 1 is 1.00 bits per heavy atom. The molecule has 5 heteroatoms. The fourth-order valence-corrected chi connectivity index (χ4v) is 3.10. The van der Waals surface area contributed by atoms with Crippen molar-refractivity contribution < 1.29 is 19.1 Å². The third kappa shape index (κ3) is 2.09. The molecule has 1 amide bonds. The quantitative estimate of drug-likeness (QED) is 0.815. The molecular weight excluding hydrogens is 294 g/mol. The first-order valence-electron chi connectivity index (χ1n) is 7.50. The van der Waals surface area contributed by atoms with Crippen molar-refractivity contribution in [2.75, 3.05) is 24.7 Å². The largest absolute Gasteiger partial charge is 0.336 e. The summed E-state index contributed by atoms with van der Waals surface area (Å²) in [7, 11) is 0. The number of ether oxygens (including phenoxy) is 2. The number of carbonyl (C=O) groups excluding carboxylic acids is 2. The number of carbonyl (C=O) groups is 2.